The van der Waals surface area contributed by atoms with E-state index in [9.17, 15) is 9.90 Å². The number of aliphatic hydroxyl groups is 1. The summed E-state index contributed by atoms with van der Waals surface area (Å²) < 4.78 is 0. The number of nitrogens with one attached hydrogen (secondary N) is 1. The number of carbonyl (C=O) groups excluding carboxylic acids is 1. The highest BCUT2D eigenvalue weighted by atomic mass is 32.1. The number of aryl methyl sites for hydroxylation is 2. The fraction of sp³-hybridized carbons (Fsp3) is 0.714. The van der Waals surface area contributed by atoms with Crippen molar-refractivity contribution in [3.05, 3.63) is 16.1 Å². The van der Waals surface area contributed by atoms with Gasteiger partial charge in [0.25, 0.3) is 0 Å². The van der Waals surface area contributed by atoms with E-state index in [0.29, 0.717) is 13.0 Å². The van der Waals surface area contributed by atoms with E-state index in [-0.39, 0.29) is 17.9 Å². The van der Waals surface area contributed by atoms with Crippen LogP contribution in [-0.2, 0) is 11.2 Å². The van der Waals surface area contributed by atoms with Crippen LogP contribution >= 0.6 is 11.3 Å². The molecule has 1 amide bonds. The van der Waals surface area contributed by atoms with Crippen LogP contribution in [0.1, 0.15) is 42.8 Å². The van der Waals surface area contributed by atoms with E-state index in [2.05, 4.69) is 15.7 Å². The average molecular weight is 282 g/mol. The summed E-state index contributed by atoms with van der Waals surface area (Å²) >= 11 is 1.65. The molecule has 0 radical (unpaired) electrons. The van der Waals surface area contributed by atoms with Crippen LogP contribution in [0.4, 0.5) is 0 Å². The third-order valence-electron chi connectivity index (χ3n) is 3.68. The second-order valence-electron chi connectivity index (χ2n) is 5.27. The lowest BCUT2D eigenvalue weighted by Crippen LogP contribution is -2.32. The Kier molecular flexibility index (Phi) is 5.34. The molecular formula is C14H22N2O2S. The molecule has 0 saturated heterocycles. The number of hydrogen-bond acceptors (Lipinski definition) is 4. The summed E-state index contributed by atoms with van der Waals surface area (Å²) in [7, 11) is 0. The van der Waals surface area contributed by atoms with Crippen molar-refractivity contribution in [1.82, 2.24) is 10.3 Å². The molecule has 2 atom stereocenters. The molecule has 1 aromatic heterocycles. The minimum Gasteiger partial charge on any atom is -0.393 e. The maximum Gasteiger partial charge on any atom is 0.220 e. The third-order valence-corrected chi connectivity index (χ3v) is 4.51. The second kappa shape index (κ2) is 7.01. The van der Waals surface area contributed by atoms with Crippen LogP contribution in [0.25, 0.3) is 0 Å². The summed E-state index contributed by atoms with van der Waals surface area (Å²) in [6.07, 6.45) is 5.00. The summed E-state index contributed by atoms with van der Waals surface area (Å²) in [5.74, 6) is 0.344. The largest absolute Gasteiger partial charge is 0.393 e. The first-order valence-corrected chi connectivity index (χ1v) is 7.89. The number of nitrogens with zero attached hydrogens (tertiary/aromatic N) is 1. The quantitative estimate of drug-likeness (QED) is 0.839. The van der Waals surface area contributed by atoms with Crippen molar-refractivity contribution < 1.29 is 9.90 Å². The minimum atomic E-state index is -0.224. The normalized spacial score (nSPS) is 22.6. The maximum atomic E-state index is 11.7. The molecular weight excluding hydrogens is 260 g/mol. The highest BCUT2D eigenvalue weighted by molar-refractivity contribution is 7.09. The van der Waals surface area contributed by atoms with Gasteiger partial charge in [-0.3, -0.25) is 4.79 Å². The van der Waals surface area contributed by atoms with Gasteiger partial charge in [-0.25, -0.2) is 4.98 Å². The Morgan fingerprint density at radius 2 is 2.42 bits per heavy atom. The number of amides is 1. The van der Waals surface area contributed by atoms with E-state index in [1.807, 2.05) is 6.92 Å². The van der Waals surface area contributed by atoms with Gasteiger partial charge in [-0.2, -0.15) is 0 Å². The van der Waals surface area contributed by atoms with Gasteiger partial charge < -0.3 is 10.4 Å². The maximum absolute atomic E-state index is 11.7. The van der Waals surface area contributed by atoms with Gasteiger partial charge in [0.05, 0.1) is 16.8 Å². The van der Waals surface area contributed by atoms with Crippen LogP contribution in [0.15, 0.2) is 5.38 Å². The zero-order valence-corrected chi connectivity index (χ0v) is 12.2. The van der Waals surface area contributed by atoms with Crippen molar-refractivity contribution in [2.24, 2.45) is 5.92 Å². The lowest BCUT2D eigenvalue weighted by atomic mass is 10.1. The minimum absolute atomic E-state index is 0.0889. The van der Waals surface area contributed by atoms with Gasteiger partial charge >= 0.3 is 0 Å². The molecule has 1 heterocycles. The molecule has 1 aliphatic rings. The summed E-state index contributed by atoms with van der Waals surface area (Å²) in [5.41, 5.74) is 1.08. The highest BCUT2D eigenvalue weighted by Crippen LogP contribution is 2.24. The van der Waals surface area contributed by atoms with Crippen LogP contribution in [0.3, 0.4) is 0 Å². The fourth-order valence-corrected chi connectivity index (χ4v) is 3.19. The molecule has 1 aliphatic carbocycles. The van der Waals surface area contributed by atoms with Gasteiger partial charge in [-0.15, -0.1) is 11.3 Å². The van der Waals surface area contributed by atoms with Crippen molar-refractivity contribution in [2.45, 2.75) is 51.6 Å². The monoisotopic (exact) mass is 282 g/mol. The van der Waals surface area contributed by atoms with Crippen LogP contribution in [0, 0.1) is 12.8 Å². The summed E-state index contributed by atoms with van der Waals surface area (Å²) in [6.45, 7) is 2.61. The van der Waals surface area contributed by atoms with Crippen molar-refractivity contribution in [3.8, 4) is 0 Å². The van der Waals surface area contributed by atoms with Gasteiger partial charge in [-0.05, 0) is 32.6 Å². The van der Waals surface area contributed by atoms with Gasteiger partial charge in [0.2, 0.25) is 5.91 Å². The van der Waals surface area contributed by atoms with Crippen LogP contribution in [0.2, 0.25) is 0 Å². The molecule has 2 rings (SSSR count). The SMILES string of the molecule is Cc1nc(CCCC(=O)NCC2CCCC2O)cs1. The zero-order valence-electron chi connectivity index (χ0n) is 11.4. The highest BCUT2D eigenvalue weighted by Gasteiger charge is 2.25. The number of hydrogen-bond donors (Lipinski definition) is 2. The molecule has 0 aliphatic heterocycles. The molecule has 5 heteroatoms. The Labute approximate surface area is 118 Å². The van der Waals surface area contributed by atoms with Crippen molar-refractivity contribution in [1.29, 1.82) is 0 Å². The van der Waals surface area contributed by atoms with E-state index in [1.54, 1.807) is 11.3 Å². The molecule has 106 valence electrons. The lowest BCUT2D eigenvalue weighted by molar-refractivity contribution is -0.121. The number of aromatic nitrogens is 1. The van der Waals surface area contributed by atoms with Crippen LogP contribution < -0.4 is 5.32 Å². The average Bonchev–Trinajstić information content (AvgIpc) is 2.96. The predicted molar refractivity (Wildman–Crippen MR) is 76.1 cm³/mol. The van der Waals surface area contributed by atoms with Gasteiger partial charge in [-0.1, -0.05) is 6.42 Å². The van der Waals surface area contributed by atoms with E-state index in [0.717, 1.165) is 42.8 Å². The van der Waals surface area contributed by atoms with Crippen molar-refractivity contribution in [2.75, 3.05) is 6.54 Å². The van der Waals surface area contributed by atoms with E-state index in [1.165, 1.54) is 0 Å². The van der Waals surface area contributed by atoms with E-state index < -0.39 is 0 Å². The number of thiazole rings is 1. The standard InChI is InChI=1S/C14H22N2O2S/c1-10-16-12(9-19-10)5-3-7-14(18)15-8-11-4-2-6-13(11)17/h9,11,13,17H,2-8H2,1H3,(H,15,18). The Balaban J connectivity index is 1.59. The summed E-state index contributed by atoms with van der Waals surface area (Å²) in [5, 5.41) is 15.7. The Hall–Kier alpha value is -0.940. The Bertz CT molecular complexity index is 419. The lowest BCUT2D eigenvalue weighted by Gasteiger charge is -2.14. The van der Waals surface area contributed by atoms with E-state index in [4.69, 9.17) is 0 Å². The molecule has 1 fully saturated rings. The molecule has 2 N–H and O–H groups in total. The van der Waals surface area contributed by atoms with Gasteiger partial charge in [0.15, 0.2) is 0 Å². The number of rotatable bonds is 6. The first-order chi connectivity index (χ1) is 9.15. The van der Waals surface area contributed by atoms with Crippen LogP contribution in [0.5, 0.6) is 0 Å². The zero-order chi connectivity index (χ0) is 13.7. The van der Waals surface area contributed by atoms with Gasteiger partial charge in [0.1, 0.15) is 0 Å². The molecule has 19 heavy (non-hydrogen) atoms. The second-order valence-corrected chi connectivity index (χ2v) is 6.34. The topological polar surface area (TPSA) is 62.2 Å². The van der Waals surface area contributed by atoms with Crippen molar-refractivity contribution in [3.63, 3.8) is 0 Å². The molecule has 1 aromatic rings. The Morgan fingerprint density at radius 1 is 1.58 bits per heavy atom. The molecule has 2 unspecified atom stereocenters. The molecule has 1 saturated carbocycles. The fourth-order valence-electron chi connectivity index (χ4n) is 2.54. The van der Waals surface area contributed by atoms with Crippen molar-refractivity contribution >= 4 is 17.2 Å². The molecule has 0 spiro atoms. The predicted octanol–water partition coefficient (Wildman–Crippen LogP) is 2.05. The summed E-state index contributed by atoms with van der Waals surface area (Å²) in [6, 6.07) is 0. The molecule has 0 bridgehead atoms. The number of aliphatic hydroxyl groups excluding tert-OH is 1. The molecule has 0 aromatic carbocycles. The third kappa shape index (κ3) is 4.58. The smallest absolute Gasteiger partial charge is 0.220 e. The van der Waals surface area contributed by atoms with E-state index >= 15 is 0 Å². The first kappa shape index (κ1) is 14.5. The van der Waals surface area contributed by atoms with Gasteiger partial charge in [0, 0.05) is 24.3 Å². The Morgan fingerprint density at radius 3 is 3.05 bits per heavy atom. The number of carbonyl (C=O) groups is 1. The summed E-state index contributed by atoms with van der Waals surface area (Å²) in [4.78, 5) is 16.1. The molecule has 4 nitrogen and oxygen atoms in total. The first-order valence-electron chi connectivity index (χ1n) is 7.01. The van der Waals surface area contributed by atoms with Crippen LogP contribution in [-0.4, -0.2) is 28.6 Å².